The van der Waals surface area contributed by atoms with Crippen LogP contribution >= 0.6 is 0 Å². The summed E-state index contributed by atoms with van der Waals surface area (Å²) in [6.45, 7) is 6.32. The van der Waals surface area contributed by atoms with E-state index in [1.165, 1.54) is 0 Å². The molecule has 116 valence electrons. The Morgan fingerprint density at radius 1 is 1.19 bits per heavy atom. The maximum Gasteiger partial charge on any atom is 0.323 e. The first-order valence-electron chi connectivity index (χ1n) is 7.05. The van der Waals surface area contributed by atoms with Gasteiger partial charge in [0.1, 0.15) is 5.54 Å². The third kappa shape index (κ3) is 4.56. The number of amides is 1. The third-order valence-corrected chi connectivity index (χ3v) is 3.80. The number of benzene rings is 1. The average molecular weight is 292 g/mol. The molecule has 0 aromatic heterocycles. The molecule has 0 bridgehead atoms. The molecule has 0 aliphatic heterocycles. The van der Waals surface area contributed by atoms with Crippen LogP contribution in [0.25, 0.3) is 0 Å². The molecular weight excluding hydrogens is 268 g/mol. The molecule has 1 amide bonds. The van der Waals surface area contributed by atoms with Gasteiger partial charge in [-0.15, -0.1) is 0 Å². The fraction of sp³-hybridized carbons (Fsp3) is 0.500. The van der Waals surface area contributed by atoms with E-state index in [1.54, 1.807) is 30.7 Å². The number of hydrogen-bond acceptors (Lipinski definition) is 3. The maximum absolute atomic E-state index is 12.3. The largest absolute Gasteiger partial charge is 0.480 e. The smallest absolute Gasteiger partial charge is 0.323 e. The minimum Gasteiger partial charge on any atom is -0.480 e. The molecule has 1 aromatic carbocycles. The number of aliphatic carboxylic acids is 1. The number of carboxylic acids is 1. The van der Waals surface area contributed by atoms with Crippen molar-refractivity contribution in [3.8, 4) is 0 Å². The standard InChI is InChI=1S/C16H24N2O3/c1-5-18(11-13-9-7-6-8-10-13)14(19)12-17(4)16(2,3)15(20)21/h6-10H,5,11-12H2,1-4H3,(H,20,21). The molecule has 0 aliphatic carbocycles. The van der Waals surface area contributed by atoms with Gasteiger partial charge in [-0.05, 0) is 33.4 Å². The fourth-order valence-electron chi connectivity index (χ4n) is 1.84. The van der Waals surface area contributed by atoms with Gasteiger partial charge in [-0.1, -0.05) is 30.3 Å². The van der Waals surface area contributed by atoms with Gasteiger partial charge in [-0.2, -0.15) is 0 Å². The number of nitrogens with zero attached hydrogens (tertiary/aromatic N) is 2. The SMILES string of the molecule is CCN(Cc1ccccc1)C(=O)CN(C)C(C)(C)C(=O)O. The summed E-state index contributed by atoms with van der Waals surface area (Å²) in [6, 6.07) is 9.76. The first-order chi connectivity index (χ1) is 9.78. The molecule has 0 heterocycles. The first kappa shape index (κ1) is 17.2. The highest BCUT2D eigenvalue weighted by Crippen LogP contribution is 2.13. The molecule has 1 aromatic rings. The molecule has 0 unspecified atom stereocenters. The van der Waals surface area contributed by atoms with Gasteiger partial charge in [-0.25, -0.2) is 0 Å². The fourth-order valence-corrected chi connectivity index (χ4v) is 1.84. The number of carbonyl (C=O) groups is 2. The van der Waals surface area contributed by atoms with Crippen LogP contribution < -0.4 is 0 Å². The second kappa shape index (κ2) is 7.22. The van der Waals surface area contributed by atoms with Crippen molar-refractivity contribution < 1.29 is 14.7 Å². The summed E-state index contributed by atoms with van der Waals surface area (Å²) in [5.74, 6) is -1.01. The second-order valence-electron chi connectivity index (χ2n) is 5.61. The minimum absolute atomic E-state index is 0.0711. The molecule has 0 atom stereocenters. The lowest BCUT2D eigenvalue weighted by molar-refractivity contribution is -0.150. The van der Waals surface area contributed by atoms with Crippen LogP contribution in [0.5, 0.6) is 0 Å². The monoisotopic (exact) mass is 292 g/mol. The molecule has 0 fully saturated rings. The topological polar surface area (TPSA) is 60.9 Å². The molecule has 1 N–H and O–H groups in total. The van der Waals surface area contributed by atoms with Crippen LogP contribution in [0, 0.1) is 0 Å². The number of likely N-dealkylation sites (N-methyl/N-ethyl adjacent to an activating group) is 2. The summed E-state index contributed by atoms with van der Waals surface area (Å²) >= 11 is 0. The zero-order chi connectivity index (χ0) is 16.0. The number of carboxylic acid groups (broad SMARTS) is 1. The van der Waals surface area contributed by atoms with Crippen LogP contribution in [0.15, 0.2) is 30.3 Å². The lowest BCUT2D eigenvalue weighted by Gasteiger charge is -2.32. The van der Waals surface area contributed by atoms with E-state index < -0.39 is 11.5 Å². The quantitative estimate of drug-likeness (QED) is 0.833. The van der Waals surface area contributed by atoms with Gasteiger partial charge in [0.25, 0.3) is 0 Å². The lowest BCUT2D eigenvalue weighted by Crippen LogP contribution is -2.51. The molecule has 5 heteroatoms. The Kier molecular flexibility index (Phi) is 5.90. The van der Waals surface area contributed by atoms with Gasteiger partial charge in [0, 0.05) is 13.1 Å². The summed E-state index contributed by atoms with van der Waals surface area (Å²) < 4.78 is 0. The molecule has 0 saturated carbocycles. The summed E-state index contributed by atoms with van der Waals surface area (Å²) in [5, 5.41) is 9.19. The normalized spacial score (nSPS) is 11.5. The Balaban J connectivity index is 2.70. The van der Waals surface area contributed by atoms with Crippen molar-refractivity contribution in [3.05, 3.63) is 35.9 Å². The van der Waals surface area contributed by atoms with Gasteiger partial charge in [0.2, 0.25) is 5.91 Å². The van der Waals surface area contributed by atoms with Crippen molar-refractivity contribution in [2.75, 3.05) is 20.1 Å². The van der Waals surface area contributed by atoms with Crippen molar-refractivity contribution in [3.63, 3.8) is 0 Å². The first-order valence-corrected chi connectivity index (χ1v) is 7.05. The Bertz CT molecular complexity index is 486. The molecule has 21 heavy (non-hydrogen) atoms. The second-order valence-corrected chi connectivity index (χ2v) is 5.61. The molecule has 0 spiro atoms. The Morgan fingerprint density at radius 2 is 1.76 bits per heavy atom. The minimum atomic E-state index is -1.07. The Hall–Kier alpha value is -1.88. The van der Waals surface area contributed by atoms with E-state index in [9.17, 15) is 14.7 Å². The van der Waals surface area contributed by atoms with Crippen LogP contribution in [0.1, 0.15) is 26.3 Å². The predicted molar refractivity (Wildman–Crippen MR) is 81.9 cm³/mol. The van der Waals surface area contributed by atoms with Crippen LogP contribution in [-0.2, 0) is 16.1 Å². The molecule has 0 radical (unpaired) electrons. The van der Waals surface area contributed by atoms with Crippen LogP contribution in [0.3, 0.4) is 0 Å². The Labute approximate surface area is 126 Å². The molecular formula is C16H24N2O3. The zero-order valence-electron chi connectivity index (χ0n) is 13.2. The molecule has 0 saturated heterocycles. The summed E-state index contributed by atoms with van der Waals surface area (Å²) in [6.07, 6.45) is 0. The van der Waals surface area contributed by atoms with Gasteiger partial charge < -0.3 is 10.0 Å². The van der Waals surface area contributed by atoms with Gasteiger partial charge >= 0.3 is 5.97 Å². The molecule has 0 aliphatic rings. The highest BCUT2D eigenvalue weighted by molar-refractivity contribution is 5.81. The average Bonchev–Trinajstić information content (AvgIpc) is 2.45. The number of hydrogen-bond donors (Lipinski definition) is 1. The van der Waals surface area contributed by atoms with Crippen molar-refractivity contribution in [2.45, 2.75) is 32.9 Å². The van der Waals surface area contributed by atoms with Crippen LogP contribution in [0.2, 0.25) is 0 Å². The van der Waals surface area contributed by atoms with Crippen LogP contribution in [0.4, 0.5) is 0 Å². The van der Waals surface area contributed by atoms with Crippen molar-refractivity contribution in [1.29, 1.82) is 0 Å². The van der Waals surface area contributed by atoms with E-state index in [1.807, 2.05) is 37.3 Å². The summed E-state index contributed by atoms with van der Waals surface area (Å²) in [7, 11) is 1.66. The van der Waals surface area contributed by atoms with Crippen molar-refractivity contribution >= 4 is 11.9 Å². The van der Waals surface area contributed by atoms with E-state index in [2.05, 4.69) is 0 Å². The lowest BCUT2D eigenvalue weighted by atomic mass is 10.0. The predicted octanol–water partition coefficient (Wildman–Crippen LogP) is 1.83. The van der Waals surface area contributed by atoms with Gasteiger partial charge in [-0.3, -0.25) is 14.5 Å². The van der Waals surface area contributed by atoms with Crippen molar-refractivity contribution in [2.24, 2.45) is 0 Å². The molecule has 1 rings (SSSR count). The van der Waals surface area contributed by atoms with E-state index in [-0.39, 0.29) is 12.5 Å². The van der Waals surface area contributed by atoms with Crippen molar-refractivity contribution in [1.82, 2.24) is 9.80 Å². The summed E-state index contributed by atoms with van der Waals surface area (Å²) in [4.78, 5) is 26.8. The van der Waals surface area contributed by atoms with E-state index in [0.29, 0.717) is 13.1 Å². The maximum atomic E-state index is 12.3. The molecule has 5 nitrogen and oxygen atoms in total. The highest BCUT2D eigenvalue weighted by atomic mass is 16.4. The van der Waals surface area contributed by atoms with Gasteiger partial charge in [0.05, 0.1) is 6.54 Å². The van der Waals surface area contributed by atoms with Crippen LogP contribution in [-0.4, -0.2) is 52.5 Å². The summed E-state index contributed by atoms with van der Waals surface area (Å²) in [5.41, 5.74) is -0.00482. The number of rotatable bonds is 7. The Morgan fingerprint density at radius 3 is 2.24 bits per heavy atom. The zero-order valence-corrected chi connectivity index (χ0v) is 13.2. The van der Waals surface area contributed by atoms with Gasteiger partial charge in [0.15, 0.2) is 0 Å². The van der Waals surface area contributed by atoms with E-state index >= 15 is 0 Å². The third-order valence-electron chi connectivity index (χ3n) is 3.80. The van der Waals surface area contributed by atoms with E-state index in [4.69, 9.17) is 0 Å². The van der Waals surface area contributed by atoms with E-state index in [0.717, 1.165) is 5.56 Å². The number of carbonyl (C=O) groups excluding carboxylic acids is 1. The highest BCUT2D eigenvalue weighted by Gasteiger charge is 2.33.